The zero-order chi connectivity index (χ0) is 13.1. The van der Waals surface area contributed by atoms with Gasteiger partial charge in [-0.15, -0.1) is 0 Å². The number of carbonyl (C=O) groups excluding carboxylic acids is 1. The van der Waals surface area contributed by atoms with Gasteiger partial charge in [0.05, 0.1) is 18.4 Å². The smallest absolute Gasteiger partial charge is 0.340 e. The minimum absolute atomic E-state index is 0.235. The van der Waals surface area contributed by atoms with Gasteiger partial charge < -0.3 is 4.74 Å². The number of aromatic nitrogens is 1. The van der Waals surface area contributed by atoms with Crippen molar-refractivity contribution in [3.8, 4) is 11.1 Å². The van der Waals surface area contributed by atoms with Crippen LogP contribution in [-0.2, 0) is 4.74 Å². The molecule has 0 saturated heterocycles. The molecule has 1 aromatic heterocycles. The van der Waals surface area contributed by atoms with E-state index in [4.69, 9.17) is 16.3 Å². The Bertz CT molecular complexity index is 582. The first-order chi connectivity index (χ1) is 8.63. The molecule has 0 aliphatic carbocycles. The molecular weight excluding hydrogens is 250 g/mol. The van der Waals surface area contributed by atoms with Crippen molar-refractivity contribution >= 4 is 17.6 Å². The van der Waals surface area contributed by atoms with Crippen LogP contribution in [0.1, 0.15) is 16.1 Å². The van der Waals surface area contributed by atoms with Crippen molar-refractivity contribution in [2.45, 2.75) is 6.92 Å². The van der Waals surface area contributed by atoms with Crippen LogP contribution in [0.5, 0.6) is 0 Å². The number of hydrogen-bond donors (Lipinski definition) is 0. The number of rotatable bonds is 2. The highest BCUT2D eigenvalue weighted by Crippen LogP contribution is 2.27. The van der Waals surface area contributed by atoms with E-state index in [9.17, 15) is 4.79 Å². The Labute approximate surface area is 110 Å². The first-order valence-corrected chi connectivity index (χ1v) is 5.74. The van der Waals surface area contributed by atoms with E-state index in [0.29, 0.717) is 16.8 Å². The Morgan fingerprint density at radius 2 is 2.00 bits per heavy atom. The van der Waals surface area contributed by atoms with Crippen molar-refractivity contribution in [3.05, 3.63) is 52.8 Å². The third-order valence-electron chi connectivity index (χ3n) is 2.56. The second-order valence-electron chi connectivity index (χ2n) is 3.72. The number of nitrogens with zero attached hydrogens (tertiary/aromatic N) is 1. The summed E-state index contributed by atoms with van der Waals surface area (Å²) in [7, 11) is 1.34. The summed E-state index contributed by atoms with van der Waals surface area (Å²) >= 11 is 5.90. The zero-order valence-electron chi connectivity index (χ0n) is 10.0. The molecule has 0 N–H and O–H groups in total. The van der Waals surface area contributed by atoms with Crippen LogP contribution < -0.4 is 0 Å². The van der Waals surface area contributed by atoms with E-state index in [1.54, 1.807) is 6.92 Å². The number of esters is 1. The van der Waals surface area contributed by atoms with Gasteiger partial charge in [0.25, 0.3) is 0 Å². The van der Waals surface area contributed by atoms with E-state index < -0.39 is 5.97 Å². The average molecular weight is 261 g/mol. The lowest BCUT2D eigenvalue weighted by Gasteiger charge is -2.10. The van der Waals surface area contributed by atoms with Gasteiger partial charge in [-0.2, -0.15) is 0 Å². The van der Waals surface area contributed by atoms with E-state index in [-0.39, 0.29) is 5.15 Å². The maximum absolute atomic E-state index is 11.8. The van der Waals surface area contributed by atoms with E-state index >= 15 is 0 Å². The van der Waals surface area contributed by atoms with Crippen LogP contribution in [-0.4, -0.2) is 18.1 Å². The minimum atomic E-state index is -0.438. The van der Waals surface area contributed by atoms with Crippen LogP contribution in [0.2, 0.25) is 5.15 Å². The zero-order valence-corrected chi connectivity index (χ0v) is 10.8. The van der Waals surface area contributed by atoms with Gasteiger partial charge >= 0.3 is 5.97 Å². The summed E-state index contributed by atoms with van der Waals surface area (Å²) < 4.78 is 4.78. The highest BCUT2D eigenvalue weighted by Gasteiger charge is 2.18. The predicted octanol–water partition coefficient (Wildman–Crippen LogP) is 3.30. The van der Waals surface area contributed by atoms with E-state index in [1.165, 1.54) is 7.11 Å². The van der Waals surface area contributed by atoms with Gasteiger partial charge in [0.1, 0.15) is 5.15 Å². The fourth-order valence-corrected chi connectivity index (χ4v) is 1.97. The molecule has 0 spiro atoms. The predicted molar refractivity (Wildman–Crippen MR) is 69.6 cm³/mol. The highest BCUT2D eigenvalue weighted by atomic mass is 35.5. The molecule has 0 aliphatic rings. The van der Waals surface area contributed by atoms with Crippen molar-refractivity contribution in [1.82, 2.24) is 4.98 Å². The molecule has 0 fully saturated rings. The molecule has 1 radical (unpaired) electrons. The molecule has 0 bridgehead atoms. The summed E-state index contributed by atoms with van der Waals surface area (Å²) in [5, 5.41) is 0.235. The molecule has 18 heavy (non-hydrogen) atoms. The molecule has 2 aromatic rings. The van der Waals surface area contributed by atoms with Gasteiger partial charge in [0.15, 0.2) is 0 Å². The van der Waals surface area contributed by atoms with E-state index in [0.717, 1.165) is 5.56 Å². The molecule has 0 aliphatic heterocycles. The largest absolute Gasteiger partial charge is 0.465 e. The van der Waals surface area contributed by atoms with Gasteiger partial charge in [-0.05, 0) is 12.5 Å². The topological polar surface area (TPSA) is 39.2 Å². The van der Waals surface area contributed by atoms with Gasteiger partial charge in [-0.25, -0.2) is 9.78 Å². The number of carbonyl (C=O) groups is 1. The fraction of sp³-hybridized carbons (Fsp3) is 0.143. The number of aryl methyl sites for hydroxylation is 1. The van der Waals surface area contributed by atoms with Crippen molar-refractivity contribution in [2.24, 2.45) is 0 Å². The first kappa shape index (κ1) is 12.6. The molecule has 0 saturated carbocycles. The normalized spacial score (nSPS) is 10.2. The number of hydrogen-bond acceptors (Lipinski definition) is 3. The summed E-state index contributed by atoms with van der Waals surface area (Å²) in [4.78, 5) is 15.9. The SMILES string of the molecule is COC(=O)c1c(-c2ccccc2)[c]c(Cl)nc1C. The Balaban J connectivity index is 2.69. The molecule has 91 valence electrons. The summed E-state index contributed by atoms with van der Waals surface area (Å²) in [5.74, 6) is -0.438. The second-order valence-corrected chi connectivity index (χ2v) is 4.08. The van der Waals surface area contributed by atoms with Crippen LogP contribution in [0.3, 0.4) is 0 Å². The Hall–Kier alpha value is -1.87. The van der Waals surface area contributed by atoms with Crippen molar-refractivity contribution in [3.63, 3.8) is 0 Å². The van der Waals surface area contributed by atoms with Gasteiger partial charge in [-0.3, -0.25) is 0 Å². The summed E-state index contributed by atoms with van der Waals surface area (Å²) in [6.07, 6.45) is 0. The van der Waals surface area contributed by atoms with Crippen molar-refractivity contribution in [1.29, 1.82) is 0 Å². The molecular formula is C14H11ClNO2. The first-order valence-electron chi connectivity index (χ1n) is 5.36. The third-order valence-corrected chi connectivity index (χ3v) is 2.74. The molecule has 3 nitrogen and oxygen atoms in total. The van der Waals surface area contributed by atoms with E-state index in [2.05, 4.69) is 11.1 Å². The molecule has 1 aromatic carbocycles. The Morgan fingerprint density at radius 3 is 2.61 bits per heavy atom. The number of halogens is 1. The van der Waals surface area contributed by atoms with Crippen LogP contribution in [0, 0.1) is 13.0 Å². The second kappa shape index (κ2) is 5.19. The van der Waals surface area contributed by atoms with Crippen molar-refractivity contribution < 1.29 is 9.53 Å². The minimum Gasteiger partial charge on any atom is -0.465 e. The molecule has 4 heteroatoms. The van der Waals surface area contributed by atoms with E-state index in [1.807, 2.05) is 30.3 Å². The van der Waals surface area contributed by atoms with Crippen molar-refractivity contribution in [2.75, 3.05) is 7.11 Å². The molecule has 0 unspecified atom stereocenters. The number of ether oxygens (including phenoxy) is 1. The summed E-state index contributed by atoms with van der Waals surface area (Å²) in [5.41, 5.74) is 2.39. The lowest BCUT2D eigenvalue weighted by molar-refractivity contribution is 0.0600. The monoisotopic (exact) mass is 260 g/mol. The number of methoxy groups -OCH3 is 1. The maximum atomic E-state index is 11.8. The standard InChI is InChI=1S/C14H11ClNO2/c1-9-13(14(17)18-2)11(8-12(15)16-9)10-6-4-3-5-7-10/h3-7H,1-2H3. The molecule has 2 rings (SSSR count). The average Bonchev–Trinajstić information content (AvgIpc) is 2.38. The fourth-order valence-electron chi connectivity index (χ4n) is 1.75. The van der Waals surface area contributed by atoms with Crippen LogP contribution >= 0.6 is 11.6 Å². The lowest BCUT2D eigenvalue weighted by atomic mass is 9.99. The van der Waals surface area contributed by atoms with Gasteiger partial charge in [0, 0.05) is 11.6 Å². The summed E-state index contributed by atoms with van der Waals surface area (Å²) in [6, 6.07) is 12.3. The number of pyridine rings is 1. The van der Waals surface area contributed by atoms with Gasteiger partial charge in [0.2, 0.25) is 0 Å². The van der Waals surface area contributed by atoms with Gasteiger partial charge in [-0.1, -0.05) is 41.9 Å². The quantitative estimate of drug-likeness (QED) is 0.614. The molecule has 1 heterocycles. The lowest BCUT2D eigenvalue weighted by Crippen LogP contribution is -2.08. The van der Waals surface area contributed by atoms with Crippen LogP contribution in [0.25, 0.3) is 11.1 Å². The Kier molecular flexibility index (Phi) is 3.63. The highest BCUT2D eigenvalue weighted by molar-refractivity contribution is 6.29. The Morgan fingerprint density at radius 1 is 1.33 bits per heavy atom. The molecule has 0 atom stereocenters. The maximum Gasteiger partial charge on any atom is 0.340 e. The van der Waals surface area contributed by atoms with Crippen LogP contribution in [0.15, 0.2) is 30.3 Å². The molecule has 0 amide bonds. The number of benzene rings is 1. The van der Waals surface area contributed by atoms with Crippen LogP contribution in [0.4, 0.5) is 0 Å². The summed E-state index contributed by atoms with van der Waals surface area (Å²) in [6.45, 7) is 1.72. The third kappa shape index (κ3) is 2.36.